The third kappa shape index (κ3) is 2.61. The highest BCUT2D eigenvalue weighted by Crippen LogP contribution is 2.28. The van der Waals surface area contributed by atoms with Gasteiger partial charge < -0.3 is 0 Å². The van der Waals surface area contributed by atoms with Crippen LogP contribution in [0, 0.1) is 6.92 Å². The molecule has 15 heavy (non-hydrogen) atoms. The Labute approximate surface area is 90.1 Å². The zero-order chi connectivity index (χ0) is 11.8. The first-order chi connectivity index (χ1) is 6.73. The second-order valence-electron chi connectivity index (χ2n) is 2.84. The molecule has 84 valence electrons. The number of rotatable bonds is 2. The Morgan fingerprint density at radius 3 is 2.47 bits per heavy atom. The molecule has 0 saturated carbocycles. The number of primary sulfonamides is 1. The van der Waals surface area contributed by atoms with Crippen LogP contribution in [0.15, 0.2) is 11.1 Å². The predicted molar refractivity (Wildman–Crippen MR) is 50.3 cm³/mol. The summed E-state index contributed by atoms with van der Waals surface area (Å²) in [5.41, 5.74) is -0.473. The molecule has 0 radical (unpaired) electrons. The van der Waals surface area contributed by atoms with E-state index in [2.05, 4.69) is 4.98 Å². The molecule has 0 spiro atoms. The molecule has 0 unspecified atom stereocenters. The molecule has 0 amide bonds. The number of nitrogens with zero attached hydrogens (tertiary/aromatic N) is 1. The first-order valence-electron chi connectivity index (χ1n) is 3.71. The third-order valence-electron chi connectivity index (χ3n) is 1.65. The van der Waals surface area contributed by atoms with E-state index in [1.165, 1.54) is 6.92 Å². The largest absolute Gasteiger partial charge is 0.266 e. The zero-order valence-electron chi connectivity index (χ0n) is 7.54. The number of halogens is 3. The van der Waals surface area contributed by atoms with Gasteiger partial charge in [-0.05, 0) is 18.6 Å². The monoisotopic (exact) mass is 256 g/mol. The fourth-order valence-corrected chi connectivity index (χ4v) is 2.04. The lowest BCUT2D eigenvalue weighted by Crippen LogP contribution is -2.16. The summed E-state index contributed by atoms with van der Waals surface area (Å²) in [7, 11) is -4.04. The van der Waals surface area contributed by atoms with Gasteiger partial charge in [0, 0.05) is 0 Å². The summed E-state index contributed by atoms with van der Waals surface area (Å²) in [5.74, 6) is 0. The Hall–Kier alpha value is -0.790. The van der Waals surface area contributed by atoms with Crippen LogP contribution in [0.3, 0.4) is 0 Å². The molecule has 0 aliphatic carbocycles. The van der Waals surface area contributed by atoms with Crippen LogP contribution in [0.4, 0.5) is 8.78 Å². The molecule has 2 N–H and O–H groups in total. The maximum absolute atomic E-state index is 12.3. The van der Waals surface area contributed by atoms with Crippen molar-refractivity contribution in [2.75, 3.05) is 0 Å². The lowest BCUT2D eigenvalue weighted by Gasteiger charge is -2.07. The van der Waals surface area contributed by atoms with Crippen molar-refractivity contribution in [1.82, 2.24) is 4.98 Å². The average Bonchev–Trinajstić information content (AvgIpc) is 2.06. The van der Waals surface area contributed by atoms with Gasteiger partial charge in [0.05, 0.1) is 5.56 Å². The van der Waals surface area contributed by atoms with Gasteiger partial charge in [-0.3, -0.25) is 0 Å². The van der Waals surface area contributed by atoms with Crippen molar-refractivity contribution in [1.29, 1.82) is 0 Å². The van der Waals surface area contributed by atoms with Crippen molar-refractivity contribution in [2.24, 2.45) is 5.14 Å². The van der Waals surface area contributed by atoms with Crippen molar-refractivity contribution >= 4 is 21.6 Å². The zero-order valence-corrected chi connectivity index (χ0v) is 9.11. The van der Waals surface area contributed by atoms with E-state index in [-0.39, 0.29) is 5.56 Å². The Bertz CT molecular complexity index is 490. The molecule has 0 fully saturated rings. The fraction of sp³-hybridized carbons (Fsp3) is 0.286. The lowest BCUT2D eigenvalue weighted by atomic mass is 10.2. The van der Waals surface area contributed by atoms with Crippen molar-refractivity contribution in [3.05, 3.63) is 22.3 Å². The quantitative estimate of drug-likeness (QED) is 0.818. The predicted octanol–water partition coefficient (Wildman–Crippen LogP) is 1.63. The van der Waals surface area contributed by atoms with E-state index in [4.69, 9.17) is 16.7 Å². The minimum Gasteiger partial charge on any atom is -0.223 e. The standard InChI is InChI=1S/C7H7ClF2N2O2S/c1-3-2-4(6(9)10)5(8)12-7(3)15(11,13)14/h2,6H,1H3,(H2,11,13,14). The van der Waals surface area contributed by atoms with Gasteiger partial charge in [0.2, 0.25) is 0 Å². The van der Waals surface area contributed by atoms with Crippen LogP contribution in [0.5, 0.6) is 0 Å². The summed E-state index contributed by atoms with van der Waals surface area (Å²) < 4.78 is 46.6. The van der Waals surface area contributed by atoms with Gasteiger partial charge in [-0.1, -0.05) is 11.6 Å². The maximum Gasteiger partial charge on any atom is 0.266 e. The summed E-state index contributed by atoms with van der Waals surface area (Å²) in [5, 5.41) is 3.77. The third-order valence-corrected chi connectivity index (χ3v) is 2.91. The smallest absolute Gasteiger partial charge is 0.223 e. The van der Waals surface area contributed by atoms with Crippen molar-refractivity contribution in [3.8, 4) is 0 Å². The Morgan fingerprint density at radius 1 is 1.53 bits per heavy atom. The molecule has 8 heteroatoms. The number of hydrogen-bond donors (Lipinski definition) is 1. The van der Waals surface area contributed by atoms with E-state index in [1.54, 1.807) is 0 Å². The highest BCUT2D eigenvalue weighted by atomic mass is 35.5. The SMILES string of the molecule is Cc1cc(C(F)F)c(Cl)nc1S(N)(=O)=O. The van der Waals surface area contributed by atoms with Crippen molar-refractivity contribution < 1.29 is 17.2 Å². The number of nitrogens with two attached hydrogens (primary N) is 1. The summed E-state index contributed by atoms with van der Waals surface area (Å²) >= 11 is 5.39. The molecule has 4 nitrogen and oxygen atoms in total. The second-order valence-corrected chi connectivity index (χ2v) is 4.67. The highest BCUT2D eigenvalue weighted by molar-refractivity contribution is 7.89. The van der Waals surface area contributed by atoms with Crippen LogP contribution in [0.2, 0.25) is 5.15 Å². The Kier molecular flexibility index (Phi) is 3.27. The van der Waals surface area contributed by atoms with Gasteiger partial charge in [0.1, 0.15) is 5.15 Å². The molecule has 1 aromatic heterocycles. The van der Waals surface area contributed by atoms with Crippen molar-refractivity contribution in [2.45, 2.75) is 18.4 Å². The van der Waals surface area contributed by atoms with Gasteiger partial charge in [-0.2, -0.15) is 0 Å². The van der Waals surface area contributed by atoms with Crippen LogP contribution >= 0.6 is 11.6 Å². The minimum absolute atomic E-state index is 0.0391. The molecule has 0 aromatic carbocycles. The first kappa shape index (κ1) is 12.3. The molecule has 0 aliphatic heterocycles. The van der Waals surface area contributed by atoms with E-state index < -0.39 is 32.2 Å². The number of aromatic nitrogens is 1. The summed E-state index contributed by atoms with van der Waals surface area (Å²) in [4.78, 5) is 3.34. The minimum atomic E-state index is -4.04. The van der Waals surface area contributed by atoms with E-state index in [0.29, 0.717) is 0 Å². The van der Waals surface area contributed by atoms with Gasteiger partial charge in [-0.15, -0.1) is 0 Å². The van der Waals surface area contributed by atoms with Gasteiger partial charge in [0.15, 0.2) is 5.03 Å². The highest BCUT2D eigenvalue weighted by Gasteiger charge is 2.20. The van der Waals surface area contributed by atoms with Crippen LogP contribution in [-0.4, -0.2) is 13.4 Å². The van der Waals surface area contributed by atoms with E-state index >= 15 is 0 Å². The number of sulfonamides is 1. The van der Waals surface area contributed by atoms with Crippen LogP contribution in [0.25, 0.3) is 0 Å². The fourth-order valence-electron chi connectivity index (χ4n) is 1.04. The molecule has 1 rings (SSSR count). The number of hydrogen-bond acceptors (Lipinski definition) is 3. The molecular formula is C7H7ClF2N2O2S. The Balaban J connectivity index is 3.46. The van der Waals surface area contributed by atoms with Gasteiger partial charge in [-0.25, -0.2) is 27.3 Å². The number of alkyl halides is 2. The summed E-state index contributed by atoms with van der Waals surface area (Å²) in [6, 6.07) is 0.958. The lowest BCUT2D eigenvalue weighted by molar-refractivity contribution is 0.151. The molecule has 0 atom stereocenters. The molecule has 0 aliphatic rings. The van der Waals surface area contributed by atoms with Crippen LogP contribution in [-0.2, 0) is 10.0 Å². The molecule has 0 saturated heterocycles. The topological polar surface area (TPSA) is 73.0 Å². The van der Waals surface area contributed by atoms with Gasteiger partial charge >= 0.3 is 0 Å². The molecule has 0 bridgehead atoms. The average molecular weight is 257 g/mol. The van der Waals surface area contributed by atoms with E-state index in [1.807, 2.05) is 0 Å². The molecule has 1 heterocycles. The Morgan fingerprint density at radius 2 is 2.07 bits per heavy atom. The summed E-state index contributed by atoms with van der Waals surface area (Å²) in [6.45, 7) is 1.31. The number of pyridine rings is 1. The number of aryl methyl sites for hydroxylation is 1. The maximum atomic E-state index is 12.3. The van der Waals surface area contributed by atoms with E-state index in [9.17, 15) is 17.2 Å². The normalized spacial score (nSPS) is 12.1. The van der Waals surface area contributed by atoms with Crippen LogP contribution < -0.4 is 5.14 Å². The first-order valence-corrected chi connectivity index (χ1v) is 5.64. The van der Waals surface area contributed by atoms with E-state index in [0.717, 1.165) is 6.07 Å². The second kappa shape index (κ2) is 3.99. The summed E-state index contributed by atoms with van der Waals surface area (Å²) in [6.07, 6.45) is -2.81. The van der Waals surface area contributed by atoms with Crippen molar-refractivity contribution in [3.63, 3.8) is 0 Å². The molecular weight excluding hydrogens is 250 g/mol. The van der Waals surface area contributed by atoms with Crippen LogP contribution in [0.1, 0.15) is 17.6 Å². The van der Waals surface area contributed by atoms with Gasteiger partial charge in [0.25, 0.3) is 16.4 Å². The molecule has 1 aromatic rings.